The quantitative estimate of drug-likeness (QED) is 0.753. The fraction of sp³-hybridized carbons (Fsp3) is 0.263. The van der Waals surface area contributed by atoms with Crippen molar-refractivity contribution in [2.45, 2.75) is 32.6 Å². The van der Waals surface area contributed by atoms with Gasteiger partial charge in [-0.05, 0) is 43.0 Å². The number of para-hydroxylation sites is 1. The molecular formula is C19H18N4O3. The van der Waals surface area contributed by atoms with E-state index in [1.165, 1.54) is 0 Å². The lowest BCUT2D eigenvalue weighted by molar-refractivity contribution is -0.137. The van der Waals surface area contributed by atoms with Gasteiger partial charge in [0.25, 0.3) is 0 Å². The van der Waals surface area contributed by atoms with E-state index in [2.05, 4.69) is 15.4 Å². The molecule has 7 heteroatoms. The van der Waals surface area contributed by atoms with E-state index in [0.29, 0.717) is 17.9 Å². The van der Waals surface area contributed by atoms with Crippen molar-refractivity contribution in [3.05, 3.63) is 58.7 Å². The number of hydrogen-bond donors (Lipinski definition) is 2. The van der Waals surface area contributed by atoms with Crippen molar-refractivity contribution in [2.75, 3.05) is 5.32 Å². The first-order valence-corrected chi connectivity index (χ1v) is 8.42. The lowest BCUT2D eigenvalue weighted by Crippen LogP contribution is -2.17. The van der Waals surface area contributed by atoms with E-state index in [1.807, 2.05) is 37.4 Å². The number of anilines is 1. The normalized spacial score (nSPS) is 15.9. The van der Waals surface area contributed by atoms with Crippen LogP contribution in [0.25, 0.3) is 5.52 Å². The van der Waals surface area contributed by atoms with Crippen LogP contribution in [0.2, 0.25) is 0 Å². The van der Waals surface area contributed by atoms with Gasteiger partial charge in [0.05, 0.1) is 11.2 Å². The first kappa shape index (κ1) is 16.3. The maximum atomic E-state index is 12.7. The van der Waals surface area contributed by atoms with Crippen LogP contribution in [-0.4, -0.2) is 31.6 Å². The van der Waals surface area contributed by atoms with Crippen LogP contribution in [0, 0.1) is 13.8 Å². The number of aliphatic carboxylic acids is 1. The van der Waals surface area contributed by atoms with Crippen molar-refractivity contribution < 1.29 is 14.7 Å². The molecule has 0 spiro atoms. The van der Waals surface area contributed by atoms with Gasteiger partial charge in [-0.15, -0.1) is 0 Å². The fourth-order valence-electron chi connectivity index (χ4n) is 3.60. The molecule has 2 N–H and O–H groups in total. The van der Waals surface area contributed by atoms with Gasteiger partial charge in [-0.3, -0.25) is 9.59 Å². The summed E-state index contributed by atoms with van der Waals surface area (Å²) in [4.78, 5) is 28.2. The van der Waals surface area contributed by atoms with Crippen LogP contribution in [-0.2, 0) is 16.0 Å². The highest BCUT2D eigenvalue weighted by atomic mass is 16.4. The Balaban J connectivity index is 1.90. The molecule has 0 saturated carbocycles. The molecule has 0 bridgehead atoms. The SMILES string of the molecule is Cc1nc(C2C(=O)Nc3ccccc32)c2c(C)c(CCC(=O)O)cn2n1. The second-order valence-corrected chi connectivity index (χ2v) is 6.52. The van der Waals surface area contributed by atoms with Gasteiger partial charge >= 0.3 is 5.97 Å². The number of aromatic nitrogens is 3. The van der Waals surface area contributed by atoms with Gasteiger partial charge in [0, 0.05) is 18.3 Å². The van der Waals surface area contributed by atoms with E-state index in [9.17, 15) is 9.59 Å². The number of carboxylic acid groups (broad SMARTS) is 1. The summed E-state index contributed by atoms with van der Waals surface area (Å²) in [5, 5.41) is 16.3. The van der Waals surface area contributed by atoms with Crippen LogP contribution >= 0.6 is 0 Å². The van der Waals surface area contributed by atoms with Gasteiger partial charge in [0.2, 0.25) is 5.91 Å². The molecule has 1 amide bonds. The summed E-state index contributed by atoms with van der Waals surface area (Å²) < 4.78 is 1.72. The molecule has 0 aliphatic carbocycles. The second-order valence-electron chi connectivity index (χ2n) is 6.52. The topological polar surface area (TPSA) is 96.6 Å². The fourth-order valence-corrected chi connectivity index (χ4v) is 3.60. The molecule has 1 aromatic carbocycles. The second kappa shape index (κ2) is 5.94. The third-order valence-electron chi connectivity index (χ3n) is 4.79. The number of fused-ring (bicyclic) bond motifs is 2. The molecule has 1 aliphatic rings. The Morgan fingerprint density at radius 1 is 1.31 bits per heavy atom. The number of nitrogens with one attached hydrogen (secondary N) is 1. The number of rotatable bonds is 4. The van der Waals surface area contributed by atoms with Crippen LogP contribution in [0.1, 0.15) is 40.5 Å². The summed E-state index contributed by atoms with van der Waals surface area (Å²) in [6.07, 6.45) is 2.30. The Kier molecular flexibility index (Phi) is 3.72. The van der Waals surface area contributed by atoms with Crippen molar-refractivity contribution >= 4 is 23.1 Å². The number of carbonyl (C=O) groups excluding carboxylic acids is 1. The van der Waals surface area contributed by atoms with Crippen molar-refractivity contribution in [3.8, 4) is 0 Å². The van der Waals surface area contributed by atoms with E-state index in [1.54, 1.807) is 11.4 Å². The Morgan fingerprint density at radius 2 is 2.08 bits per heavy atom. The summed E-state index contributed by atoms with van der Waals surface area (Å²) in [6.45, 7) is 3.71. The minimum Gasteiger partial charge on any atom is -0.481 e. The number of amides is 1. The van der Waals surface area contributed by atoms with Crippen LogP contribution in [0.15, 0.2) is 30.5 Å². The number of nitrogens with zero attached hydrogens (tertiary/aromatic N) is 3. The molecular weight excluding hydrogens is 332 g/mol. The zero-order chi connectivity index (χ0) is 18.4. The van der Waals surface area contributed by atoms with Gasteiger partial charge in [0.15, 0.2) is 0 Å². The van der Waals surface area contributed by atoms with Gasteiger partial charge in [-0.25, -0.2) is 9.50 Å². The molecule has 1 unspecified atom stereocenters. The average Bonchev–Trinajstić information content (AvgIpc) is 3.08. The summed E-state index contributed by atoms with van der Waals surface area (Å²) in [5.41, 5.74) is 4.93. The molecule has 0 fully saturated rings. The molecule has 3 heterocycles. The molecule has 1 atom stereocenters. The van der Waals surface area contributed by atoms with Gasteiger partial charge in [-0.1, -0.05) is 18.2 Å². The molecule has 0 radical (unpaired) electrons. The van der Waals surface area contributed by atoms with E-state index in [0.717, 1.165) is 27.9 Å². The summed E-state index contributed by atoms with van der Waals surface area (Å²) in [7, 11) is 0. The molecule has 4 rings (SSSR count). The minimum absolute atomic E-state index is 0.0478. The zero-order valence-electron chi connectivity index (χ0n) is 14.5. The lowest BCUT2D eigenvalue weighted by Gasteiger charge is -2.12. The Morgan fingerprint density at radius 3 is 2.85 bits per heavy atom. The maximum Gasteiger partial charge on any atom is 0.303 e. The highest BCUT2D eigenvalue weighted by Crippen LogP contribution is 2.38. The van der Waals surface area contributed by atoms with Crippen molar-refractivity contribution in [1.29, 1.82) is 0 Å². The van der Waals surface area contributed by atoms with Crippen molar-refractivity contribution in [2.24, 2.45) is 0 Å². The maximum absolute atomic E-state index is 12.7. The number of hydrogen-bond acceptors (Lipinski definition) is 4. The molecule has 7 nitrogen and oxygen atoms in total. The van der Waals surface area contributed by atoms with Crippen molar-refractivity contribution in [1.82, 2.24) is 14.6 Å². The van der Waals surface area contributed by atoms with Gasteiger partial charge in [-0.2, -0.15) is 5.10 Å². The standard InChI is InChI=1S/C19H18N4O3/c1-10-12(7-8-15(24)25)9-23-18(10)17(20-11(2)22-23)16-13-5-3-4-6-14(13)21-19(16)26/h3-6,9,16H,7-8H2,1-2H3,(H,21,26)(H,24,25). The monoisotopic (exact) mass is 350 g/mol. The summed E-state index contributed by atoms with van der Waals surface area (Å²) >= 11 is 0. The van der Waals surface area contributed by atoms with Crippen LogP contribution in [0.4, 0.5) is 5.69 Å². The van der Waals surface area contributed by atoms with E-state index < -0.39 is 11.9 Å². The van der Waals surface area contributed by atoms with E-state index >= 15 is 0 Å². The number of carboxylic acids is 1. The van der Waals surface area contributed by atoms with Crippen LogP contribution in [0.3, 0.4) is 0 Å². The van der Waals surface area contributed by atoms with Crippen LogP contribution < -0.4 is 5.32 Å². The lowest BCUT2D eigenvalue weighted by atomic mass is 9.95. The van der Waals surface area contributed by atoms with Gasteiger partial charge < -0.3 is 10.4 Å². The number of benzene rings is 1. The summed E-state index contributed by atoms with van der Waals surface area (Å²) in [5.74, 6) is -0.897. The van der Waals surface area contributed by atoms with Crippen molar-refractivity contribution in [3.63, 3.8) is 0 Å². The molecule has 0 saturated heterocycles. The predicted octanol–water partition coefficient (Wildman–Crippen LogP) is 2.45. The Labute approximate surface area is 149 Å². The first-order chi connectivity index (χ1) is 12.5. The molecule has 26 heavy (non-hydrogen) atoms. The highest BCUT2D eigenvalue weighted by molar-refractivity contribution is 6.05. The third-order valence-corrected chi connectivity index (χ3v) is 4.79. The largest absolute Gasteiger partial charge is 0.481 e. The number of aryl methyl sites for hydroxylation is 3. The smallest absolute Gasteiger partial charge is 0.303 e. The molecule has 2 aromatic heterocycles. The Hall–Kier alpha value is -3.22. The average molecular weight is 350 g/mol. The zero-order valence-corrected chi connectivity index (χ0v) is 14.5. The molecule has 3 aromatic rings. The van der Waals surface area contributed by atoms with Gasteiger partial charge in [0.1, 0.15) is 11.7 Å². The predicted molar refractivity (Wildman–Crippen MR) is 95.3 cm³/mol. The van der Waals surface area contributed by atoms with E-state index in [4.69, 9.17) is 5.11 Å². The van der Waals surface area contributed by atoms with Crippen LogP contribution in [0.5, 0.6) is 0 Å². The molecule has 132 valence electrons. The van der Waals surface area contributed by atoms with E-state index in [-0.39, 0.29) is 12.3 Å². The minimum atomic E-state index is -0.841. The summed E-state index contributed by atoms with van der Waals surface area (Å²) in [6, 6.07) is 7.59. The Bertz CT molecular complexity index is 1050. The first-order valence-electron chi connectivity index (χ1n) is 8.42. The highest BCUT2D eigenvalue weighted by Gasteiger charge is 2.35. The molecule has 1 aliphatic heterocycles. The third kappa shape index (κ3) is 2.52. The number of carbonyl (C=O) groups is 2.